The first-order chi connectivity index (χ1) is 5.82. The molecule has 0 aromatic carbocycles. The Kier molecular flexibility index (Phi) is 2.19. The van der Waals surface area contributed by atoms with Crippen LogP contribution in [0.4, 0.5) is 13.2 Å². The van der Waals surface area contributed by atoms with Crippen LogP contribution in [0.25, 0.3) is 0 Å². The van der Waals surface area contributed by atoms with E-state index >= 15 is 0 Å². The van der Waals surface area contributed by atoms with Gasteiger partial charge in [0, 0.05) is 7.05 Å². The number of rotatable bonds is 0. The van der Waals surface area contributed by atoms with E-state index < -0.39 is 24.5 Å². The first-order valence-electron chi connectivity index (χ1n) is 3.42. The molecule has 2 amide bonds. The van der Waals surface area contributed by atoms with Gasteiger partial charge in [-0.3, -0.25) is 9.59 Å². The Morgan fingerprint density at radius 2 is 2.00 bits per heavy atom. The topological polar surface area (TPSA) is 40.6 Å². The summed E-state index contributed by atoms with van der Waals surface area (Å²) in [4.78, 5) is 22.9. The minimum absolute atomic E-state index is 0.294. The lowest BCUT2D eigenvalue weighted by Crippen LogP contribution is -2.40. The fourth-order valence-electron chi connectivity index (χ4n) is 0.984. The van der Waals surface area contributed by atoms with Gasteiger partial charge in [-0.15, -0.1) is 0 Å². The molecule has 0 atom stereocenters. The van der Waals surface area contributed by atoms with Gasteiger partial charge in [0.25, 0.3) is 0 Å². The minimum atomic E-state index is -4.90. The van der Waals surface area contributed by atoms with Crippen molar-refractivity contribution in [3.05, 3.63) is 0 Å². The summed E-state index contributed by atoms with van der Waals surface area (Å²) in [6.07, 6.45) is -4.90. The number of alkyl halides is 3. The van der Waals surface area contributed by atoms with Gasteiger partial charge in [-0.25, -0.2) is 0 Å². The lowest BCUT2D eigenvalue weighted by molar-refractivity contribution is -0.184. The molecule has 0 aromatic rings. The van der Waals surface area contributed by atoms with Crippen LogP contribution in [-0.2, 0) is 9.59 Å². The van der Waals surface area contributed by atoms with Crippen LogP contribution in [0.15, 0.2) is 0 Å². The molecule has 74 valence electrons. The number of amides is 2. The molecule has 1 aliphatic heterocycles. The van der Waals surface area contributed by atoms with E-state index in [1.165, 1.54) is 7.05 Å². The highest BCUT2D eigenvalue weighted by Gasteiger charge is 2.45. The average molecular weight is 196 g/mol. The van der Waals surface area contributed by atoms with Gasteiger partial charge in [0.2, 0.25) is 5.91 Å². The molecule has 0 N–H and O–H groups in total. The summed E-state index contributed by atoms with van der Waals surface area (Å²) in [6, 6.07) is 0. The molecule has 4 nitrogen and oxygen atoms in total. The Morgan fingerprint density at radius 1 is 1.46 bits per heavy atom. The second-order valence-electron chi connectivity index (χ2n) is 2.73. The van der Waals surface area contributed by atoms with Crippen LogP contribution in [0.1, 0.15) is 0 Å². The van der Waals surface area contributed by atoms with Crippen molar-refractivity contribution in [2.75, 3.05) is 20.3 Å². The van der Waals surface area contributed by atoms with Crippen molar-refractivity contribution < 1.29 is 22.8 Å². The maximum atomic E-state index is 11.8. The summed E-state index contributed by atoms with van der Waals surface area (Å²) >= 11 is 0. The minimum Gasteiger partial charge on any atom is -0.326 e. The zero-order chi connectivity index (χ0) is 10.2. The van der Waals surface area contributed by atoms with E-state index in [9.17, 15) is 22.8 Å². The lowest BCUT2D eigenvalue weighted by atomic mass is 10.5. The molecule has 1 fully saturated rings. The Labute approximate surface area is 71.9 Å². The molecule has 0 aromatic heterocycles. The fraction of sp³-hybridized carbons (Fsp3) is 0.667. The highest BCUT2D eigenvalue weighted by Crippen LogP contribution is 2.20. The fourth-order valence-corrected chi connectivity index (χ4v) is 0.984. The number of hydrogen-bond acceptors (Lipinski definition) is 2. The standard InChI is InChI=1S/C6H7F3N2O2/c1-10-3-11(2-4(10)12)5(13)6(7,8)9/h2-3H2,1H3. The molecule has 0 saturated carbocycles. The van der Waals surface area contributed by atoms with Crippen LogP contribution >= 0.6 is 0 Å². The van der Waals surface area contributed by atoms with Crippen molar-refractivity contribution >= 4 is 11.8 Å². The van der Waals surface area contributed by atoms with Crippen LogP contribution in [0.5, 0.6) is 0 Å². The lowest BCUT2D eigenvalue weighted by Gasteiger charge is -2.16. The summed E-state index contributed by atoms with van der Waals surface area (Å²) in [7, 11) is 1.34. The zero-order valence-electron chi connectivity index (χ0n) is 6.76. The van der Waals surface area contributed by atoms with E-state index in [0.29, 0.717) is 4.90 Å². The highest BCUT2D eigenvalue weighted by molar-refractivity contribution is 5.89. The molecule has 13 heavy (non-hydrogen) atoms. The first-order valence-corrected chi connectivity index (χ1v) is 3.42. The van der Waals surface area contributed by atoms with E-state index in [1.807, 2.05) is 0 Å². The number of halogens is 3. The molecule has 0 aliphatic carbocycles. The molecule has 0 unspecified atom stereocenters. The number of carbonyl (C=O) groups is 2. The molecule has 7 heteroatoms. The number of nitrogens with zero attached hydrogens (tertiary/aromatic N) is 2. The van der Waals surface area contributed by atoms with Crippen LogP contribution in [0, 0.1) is 0 Å². The highest BCUT2D eigenvalue weighted by atomic mass is 19.4. The summed E-state index contributed by atoms with van der Waals surface area (Å²) in [5, 5.41) is 0. The molecule has 0 bridgehead atoms. The van der Waals surface area contributed by atoms with Crippen LogP contribution in [0.2, 0.25) is 0 Å². The smallest absolute Gasteiger partial charge is 0.326 e. The molecular formula is C6H7F3N2O2. The van der Waals surface area contributed by atoms with Gasteiger partial charge in [-0.2, -0.15) is 13.2 Å². The molecule has 1 saturated heterocycles. The Balaban J connectivity index is 2.67. The number of carbonyl (C=O) groups excluding carboxylic acids is 2. The Bertz CT molecular complexity index is 251. The second kappa shape index (κ2) is 2.90. The second-order valence-corrected chi connectivity index (χ2v) is 2.73. The van der Waals surface area contributed by atoms with Crippen molar-refractivity contribution in [2.45, 2.75) is 6.18 Å². The number of likely N-dealkylation sites (N-methyl/N-ethyl adjacent to an activating group) is 1. The average Bonchev–Trinajstić information content (AvgIpc) is 2.29. The summed E-state index contributed by atoms with van der Waals surface area (Å²) in [5.41, 5.74) is 0. The zero-order valence-corrected chi connectivity index (χ0v) is 6.76. The van der Waals surface area contributed by atoms with Crippen LogP contribution < -0.4 is 0 Å². The van der Waals surface area contributed by atoms with Gasteiger partial charge < -0.3 is 9.80 Å². The third-order valence-electron chi connectivity index (χ3n) is 1.66. The predicted molar refractivity (Wildman–Crippen MR) is 35.4 cm³/mol. The van der Waals surface area contributed by atoms with Gasteiger partial charge in [0.1, 0.15) is 6.54 Å². The third-order valence-corrected chi connectivity index (χ3v) is 1.66. The van der Waals surface area contributed by atoms with E-state index in [0.717, 1.165) is 4.90 Å². The van der Waals surface area contributed by atoms with E-state index in [1.54, 1.807) is 0 Å². The number of hydrogen-bond donors (Lipinski definition) is 0. The van der Waals surface area contributed by atoms with Gasteiger partial charge >= 0.3 is 12.1 Å². The van der Waals surface area contributed by atoms with Crippen LogP contribution in [-0.4, -0.2) is 48.1 Å². The van der Waals surface area contributed by atoms with Crippen molar-refractivity contribution in [3.63, 3.8) is 0 Å². The maximum Gasteiger partial charge on any atom is 0.471 e. The summed E-state index contributed by atoms with van der Waals surface area (Å²) in [6.45, 7) is -0.786. The first kappa shape index (κ1) is 9.82. The van der Waals surface area contributed by atoms with Gasteiger partial charge in [-0.05, 0) is 0 Å². The SMILES string of the molecule is CN1CN(C(=O)C(F)(F)F)CC1=O. The molecule has 0 spiro atoms. The maximum absolute atomic E-state index is 11.8. The van der Waals surface area contributed by atoms with Gasteiger partial charge in [0.05, 0.1) is 6.67 Å². The molecule has 0 radical (unpaired) electrons. The molecule has 1 aliphatic rings. The van der Waals surface area contributed by atoms with Crippen molar-refractivity contribution in [2.24, 2.45) is 0 Å². The van der Waals surface area contributed by atoms with Gasteiger partial charge in [-0.1, -0.05) is 0 Å². The van der Waals surface area contributed by atoms with E-state index in [4.69, 9.17) is 0 Å². The van der Waals surface area contributed by atoms with E-state index in [-0.39, 0.29) is 6.67 Å². The van der Waals surface area contributed by atoms with Crippen molar-refractivity contribution in [3.8, 4) is 0 Å². The van der Waals surface area contributed by atoms with Crippen molar-refractivity contribution in [1.29, 1.82) is 0 Å². The molecule has 1 heterocycles. The quantitative estimate of drug-likeness (QED) is 0.538. The van der Waals surface area contributed by atoms with Gasteiger partial charge in [0.15, 0.2) is 0 Å². The van der Waals surface area contributed by atoms with Crippen LogP contribution in [0.3, 0.4) is 0 Å². The normalized spacial score (nSPS) is 18.3. The largest absolute Gasteiger partial charge is 0.471 e. The third kappa shape index (κ3) is 1.90. The Morgan fingerprint density at radius 3 is 2.31 bits per heavy atom. The summed E-state index contributed by atoms with van der Waals surface area (Å²) < 4.78 is 35.5. The Hall–Kier alpha value is -1.27. The molecular weight excluding hydrogens is 189 g/mol. The monoisotopic (exact) mass is 196 g/mol. The predicted octanol–water partition coefficient (Wildman–Crippen LogP) is -0.193. The van der Waals surface area contributed by atoms with Crippen molar-refractivity contribution in [1.82, 2.24) is 9.80 Å². The summed E-state index contributed by atoms with van der Waals surface area (Å²) in [5.74, 6) is -2.46. The van der Waals surface area contributed by atoms with E-state index in [2.05, 4.69) is 0 Å². The molecule has 1 rings (SSSR count).